The Labute approximate surface area is 213 Å². The van der Waals surface area contributed by atoms with Crippen LogP contribution in [0.5, 0.6) is 5.75 Å². The smallest absolute Gasteiger partial charge is 0.338 e. The van der Waals surface area contributed by atoms with Gasteiger partial charge in [-0.15, -0.1) is 0 Å². The molecule has 7 nitrogen and oxygen atoms in total. The molecule has 1 fully saturated rings. The van der Waals surface area contributed by atoms with Crippen molar-refractivity contribution in [2.75, 3.05) is 31.3 Å². The highest BCUT2D eigenvalue weighted by atomic mass is 16.5. The molecule has 4 N–H and O–H groups in total. The summed E-state index contributed by atoms with van der Waals surface area (Å²) >= 11 is 0. The highest BCUT2D eigenvalue weighted by Crippen LogP contribution is 2.32. The Morgan fingerprint density at radius 1 is 0.917 bits per heavy atom. The standard InChI is InChI=1S/C29H38N2O5/c1-2-4-21-5-7-23(8-6-21)20-36-27-12-9-22(10-13-27)11-14-28(32)34-15-3-16-35-29(33)24-17-25(30)19-26(31)18-24/h9-14,17-19,21,23H,2-8,15-16,20,30-31H2,1H3/b14-11+. The molecule has 1 aliphatic carbocycles. The van der Waals surface area contributed by atoms with Crippen LogP contribution in [0, 0.1) is 11.8 Å². The molecule has 194 valence electrons. The molecule has 1 aliphatic rings. The number of esters is 2. The molecule has 0 aromatic heterocycles. The molecule has 1 saturated carbocycles. The van der Waals surface area contributed by atoms with Crippen molar-refractivity contribution in [1.29, 1.82) is 0 Å². The normalized spacial score (nSPS) is 17.6. The number of rotatable bonds is 12. The number of nitrogens with two attached hydrogens (primary N) is 2. The third-order valence-corrected chi connectivity index (χ3v) is 6.42. The Kier molecular flexibility index (Phi) is 10.7. The lowest BCUT2D eigenvalue weighted by Gasteiger charge is -2.28. The SMILES string of the molecule is CCCC1CCC(COc2ccc(/C=C/C(=O)OCCCOC(=O)c3cc(N)cc(N)c3)cc2)CC1. The summed E-state index contributed by atoms with van der Waals surface area (Å²) in [5, 5.41) is 0. The first kappa shape index (κ1) is 27.1. The highest BCUT2D eigenvalue weighted by molar-refractivity contribution is 5.91. The van der Waals surface area contributed by atoms with Crippen LogP contribution in [0.25, 0.3) is 6.08 Å². The zero-order valence-electron chi connectivity index (χ0n) is 21.1. The fourth-order valence-electron chi connectivity index (χ4n) is 4.47. The van der Waals surface area contributed by atoms with Gasteiger partial charge in [0.25, 0.3) is 0 Å². The van der Waals surface area contributed by atoms with Gasteiger partial charge in [0.1, 0.15) is 5.75 Å². The van der Waals surface area contributed by atoms with Gasteiger partial charge in [-0.3, -0.25) is 0 Å². The Hall–Kier alpha value is -3.48. The maximum absolute atomic E-state index is 12.0. The van der Waals surface area contributed by atoms with Crippen LogP contribution in [0.1, 0.15) is 67.8 Å². The van der Waals surface area contributed by atoms with Crippen LogP contribution in [0.2, 0.25) is 0 Å². The van der Waals surface area contributed by atoms with E-state index in [1.54, 1.807) is 12.1 Å². The average molecular weight is 495 g/mol. The molecule has 0 bridgehead atoms. The molecule has 0 amide bonds. The molecule has 0 saturated heterocycles. The second-order valence-corrected chi connectivity index (χ2v) is 9.43. The second kappa shape index (κ2) is 14.2. The minimum absolute atomic E-state index is 0.117. The zero-order valence-corrected chi connectivity index (χ0v) is 21.1. The topological polar surface area (TPSA) is 114 Å². The van der Waals surface area contributed by atoms with Gasteiger partial charge in [0.05, 0.1) is 25.4 Å². The summed E-state index contributed by atoms with van der Waals surface area (Å²) < 4.78 is 16.3. The number of anilines is 2. The van der Waals surface area contributed by atoms with Gasteiger partial charge in [-0.2, -0.15) is 0 Å². The van der Waals surface area contributed by atoms with Gasteiger partial charge < -0.3 is 25.7 Å². The molecule has 0 unspecified atom stereocenters. The van der Waals surface area contributed by atoms with E-state index in [1.165, 1.54) is 56.7 Å². The quantitative estimate of drug-likeness (QED) is 0.170. The molecule has 7 heteroatoms. The zero-order chi connectivity index (χ0) is 25.8. The summed E-state index contributed by atoms with van der Waals surface area (Å²) in [6.45, 7) is 3.29. The molecule has 3 rings (SSSR count). The van der Waals surface area contributed by atoms with Crippen LogP contribution in [-0.4, -0.2) is 31.8 Å². The predicted octanol–water partition coefficient (Wildman–Crippen LogP) is 5.64. The summed E-state index contributed by atoms with van der Waals surface area (Å²) in [5.74, 6) is 1.42. The molecule has 36 heavy (non-hydrogen) atoms. The van der Waals surface area contributed by atoms with E-state index >= 15 is 0 Å². The predicted molar refractivity (Wildman–Crippen MR) is 142 cm³/mol. The average Bonchev–Trinajstić information content (AvgIpc) is 2.87. The van der Waals surface area contributed by atoms with E-state index in [4.69, 9.17) is 25.7 Å². The maximum atomic E-state index is 12.0. The lowest BCUT2D eigenvalue weighted by molar-refractivity contribution is -0.137. The van der Waals surface area contributed by atoms with Crippen LogP contribution in [-0.2, 0) is 14.3 Å². The monoisotopic (exact) mass is 494 g/mol. The van der Waals surface area contributed by atoms with E-state index in [-0.39, 0.29) is 13.2 Å². The first-order chi connectivity index (χ1) is 17.4. The van der Waals surface area contributed by atoms with Gasteiger partial charge in [-0.25, -0.2) is 9.59 Å². The van der Waals surface area contributed by atoms with Gasteiger partial charge in [-0.05, 0) is 66.6 Å². The minimum Gasteiger partial charge on any atom is -0.493 e. The van der Waals surface area contributed by atoms with Gasteiger partial charge >= 0.3 is 11.9 Å². The summed E-state index contributed by atoms with van der Waals surface area (Å²) in [5.41, 5.74) is 13.3. The first-order valence-electron chi connectivity index (χ1n) is 12.8. The van der Waals surface area contributed by atoms with Crippen LogP contribution in [0.4, 0.5) is 11.4 Å². The van der Waals surface area contributed by atoms with Gasteiger partial charge in [0.2, 0.25) is 0 Å². The molecule has 0 atom stereocenters. The fraction of sp³-hybridized carbons (Fsp3) is 0.448. The molecule has 2 aromatic carbocycles. The maximum Gasteiger partial charge on any atom is 0.338 e. The van der Waals surface area contributed by atoms with Crippen molar-refractivity contribution in [3.8, 4) is 5.75 Å². The van der Waals surface area contributed by atoms with Crippen molar-refractivity contribution in [3.05, 3.63) is 59.7 Å². The second-order valence-electron chi connectivity index (χ2n) is 9.43. The Bertz CT molecular complexity index is 991. The van der Waals surface area contributed by atoms with Crippen molar-refractivity contribution >= 4 is 29.4 Å². The van der Waals surface area contributed by atoms with E-state index in [0.29, 0.717) is 29.3 Å². The lowest BCUT2D eigenvalue weighted by atomic mass is 9.80. The minimum atomic E-state index is -0.521. The van der Waals surface area contributed by atoms with Crippen LogP contribution < -0.4 is 16.2 Å². The van der Waals surface area contributed by atoms with Gasteiger partial charge in [0.15, 0.2) is 0 Å². The van der Waals surface area contributed by atoms with E-state index in [9.17, 15) is 9.59 Å². The number of hydrogen-bond acceptors (Lipinski definition) is 7. The molecule has 2 aromatic rings. The molecule has 0 aliphatic heterocycles. The van der Waals surface area contributed by atoms with Crippen LogP contribution in [0.15, 0.2) is 48.5 Å². The first-order valence-corrected chi connectivity index (χ1v) is 12.8. The summed E-state index contributed by atoms with van der Waals surface area (Å²) in [7, 11) is 0. The van der Waals surface area contributed by atoms with Crippen LogP contribution >= 0.6 is 0 Å². The van der Waals surface area contributed by atoms with E-state index in [1.807, 2.05) is 24.3 Å². The number of ether oxygens (including phenoxy) is 3. The van der Waals surface area contributed by atoms with Crippen molar-refractivity contribution in [1.82, 2.24) is 0 Å². The summed E-state index contributed by atoms with van der Waals surface area (Å²) in [6.07, 6.45) is 11.3. The number of hydrogen-bond donors (Lipinski definition) is 2. The fourth-order valence-corrected chi connectivity index (χ4v) is 4.47. The third kappa shape index (κ3) is 9.29. The molecule has 0 radical (unpaired) electrons. The van der Waals surface area contributed by atoms with E-state index < -0.39 is 11.9 Å². The van der Waals surface area contributed by atoms with Gasteiger partial charge in [-0.1, -0.05) is 44.7 Å². The number of carbonyl (C=O) groups excluding carboxylic acids is 2. The van der Waals surface area contributed by atoms with Crippen molar-refractivity contribution in [3.63, 3.8) is 0 Å². The lowest BCUT2D eigenvalue weighted by Crippen LogP contribution is -2.20. The third-order valence-electron chi connectivity index (χ3n) is 6.42. The number of nitrogen functional groups attached to an aromatic ring is 2. The Morgan fingerprint density at radius 2 is 1.56 bits per heavy atom. The number of carbonyl (C=O) groups is 2. The molecular weight excluding hydrogens is 456 g/mol. The van der Waals surface area contributed by atoms with Crippen molar-refractivity contribution < 1.29 is 23.8 Å². The van der Waals surface area contributed by atoms with Crippen molar-refractivity contribution in [2.45, 2.75) is 51.9 Å². The summed E-state index contributed by atoms with van der Waals surface area (Å²) in [6, 6.07) is 12.3. The van der Waals surface area contributed by atoms with Gasteiger partial charge in [0, 0.05) is 23.9 Å². The van der Waals surface area contributed by atoms with Crippen LogP contribution in [0.3, 0.4) is 0 Å². The van der Waals surface area contributed by atoms with E-state index in [0.717, 1.165) is 23.8 Å². The molecule has 0 heterocycles. The molecule has 0 spiro atoms. The highest BCUT2D eigenvalue weighted by Gasteiger charge is 2.21. The van der Waals surface area contributed by atoms with E-state index in [2.05, 4.69) is 6.92 Å². The largest absolute Gasteiger partial charge is 0.493 e. The Balaban J connectivity index is 1.30. The molecular formula is C29H38N2O5. The van der Waals surface area contributed by atoms with Crippen molar-refractivity contribution in [2.24, 2.45) is 11.8 Å². The number of benzene rings is 2. The Morgan fingerprint density at radius 3 is 2.22 bits per heavy atom. The summed E-state index contributed by atoms with van der Waals surface area (Å²) in [4.78, 5) is 24.0.